The summed E-state index contributed by atoms with van der Waals surface area (Å²) in [5, 5.41) is 0.142. The van der Waals surface area contributed by atoms with Crippen molar-refractivity contribution in [2.75, 3.05) is 0 Å². The molecular weight excluding hydrogens is 309 g/mol. The van der Waals surface area contributed by atoms with E-state index in [0.29, 0.717) is 0 Å². The molecule has 0 aliphatic carbocycles. The van der Waals surface area contributed by atoms with Crippen LogP contribution in [0.25, 0.3) is 11.0 Å². The van der Waals surface area contributed by atoms with E-state index in [2.05, 4.69) is 0 Å². The van der Waals surface area contributed by atoms with Gasteiger partial charge in [0.2, 0.25) is 11.2 Å². The normalized spacial score (nSPS) is 11.6. The van der Waals surface area contributed by atoms with Crippen LogP contribution in [0.4, 0.5) is 13.2 Å². The van der Waals surface area contributed by atoms with Crippen molar-refractivity contribution < 1.29 is 22.4 Å². The van der Waals surface area contributed by atoms with Crippen LogP contribution in [0.1, 0.15) is 21.5 Å². The summed E-state index contributed by atoms with van der Waals surface area (Å²) >= 11 is 0. The second kappa shape index (κ2) is 5.39. The number of hydrogen-bond acceptors (Lipinski definition) is 3. The maximum absolute atomic E-state index is 13.0. The number of ketones is 1. The van der Waals surface area contributed by atoms with E-state index < -0.39 is 34.1 Å². The van der Waals surface area contributed by atoms with Gasteiger partial charge in [-0.3, -0.25) is 9.59 Å². The molecule has 0 N–H and O–H groups in total. The Bertz CT molecular complexity index is 955. The van der Waals surface area contributed by atoms with Gasteiger partial charge in [-0.05, 0) is 18.2 Å². The smallest absolute Gasteiger partial charge is 0.417 e. The highest BCUT2D eigenvalue weighted by Crippen LogP contribution is 2.32. The SMILES string of the molecule is O=C(c1ccccc1C(F)(F)F)c1coc2ccccc2c1=O. The zero-order chi connectivity index (χ0) is 16.6. The topological polar surface area (TPSA) is 47.3 Å². The summed E-state index contributed by atoms with van der Waals surface area (Å²) in [7, 11) is 0. The highest BCUT2D eigenvalue weighted by molar-refractivity contribution is 6.10. The molecule has 23 heavy (non-hydrogen) atoms. The second-order valence-corrected chi connectivity index (χ2v) is 4.85. The van der Waals surface area contributed by atoms with Gasteiger partial charge in [-0.1, -0.05) is 30.3 Å². The first-order valence-electron chi connectivity index (χ1n) is 6.61. The number of alkyl halides is 3. The zero-order valence-corrected chi connectivity index (χ0v) is 11.6. The van der Waals surface area contributed by atoms with Crippen molar-refractivity contribution in [1.29, 1.82) is 0 Å². The number of benzene rings is 2. The molecule has 0 saturated carbocycles. The standard InChI is InChI=1S/C17H9F3O3/c18-17(19,20)13-7-3-1-5-10(13)15(21)12-9-23-14-8-4-2-6-11(14)16(12)22/h1-9H. The van der Waals surface area contributed by atoms with E-state index in [4.69, 9.17) is 4.42 Å². The quantitative estimate of drug-likeness (QED) is 0.670. The highest BCUT2D eigenvalue weighted by Gasteiger charge is 2.35. The second-order valence-electron chi connectivity index (χ2n) is 4.85. The average molecular weight is 318 g/mol. The Morgan fingerprint density at radius 2 is 1.57 bits per heavy atom. The number of hydrogen-bond donors (Lipinski definition) is 0. The monoisotopic (exact) mass is 318 g/mol. The molecule has 0 unspecified atom stereocenters. The Morgan fingerprint density at radius 1 is 0.913 bits per heavy atom. The molecule has 1 heterocycles. The molecule has 0 atom stereocenters. The van der Waals surface area contributed by atoms with Gasteiger partial charge in [0.1, 0.15) is 17.4 Å². The van der Waals surface area contributed by atoms with E-state index in [1.165, 1.54) is 24.3 Å². The molecule has 3 aromatic rings. The Balaban J connectivity index is 2.20. The van der Waals surface area contributed by atoms with E-state index in [1.807, 2.05) is 0 Å². The molecule has 0 saturated heterocycles. The molecular formula is C17H9F3O3. The van der Waals surface area contributed by atoms with Gasteiger partial charge in [0.25, 0.3) is 0 Å². The van der Waals surface area contributed by atoms with Gasteiger partial charge in [-0.15, -0.1) is 0 Å². The molecule has 3 nitrogen and oxygen atoms in total. The summed E-state index contributed by atoms with van der Waals surface area (Å²) in [5.41, 5.74) is -2.49. The minimum absolute atomic E-state index is 0.142. The van der Waals surface area contributed by atoms with Crippen molar-refractivity contribution in [3.8, 4) is 0 Å². The van der Waals surface area contributed by atoms with Gasteiger partial charge in [0, 0.05) is 5.56 Å². The minimum atomic E-state index is -4.69. The lowest BCUT2D eigenvalue weighted by Crippen LogP contribution is -2.19. The van der Waals surface area contributed by atoms with Crippen LogP contribution in [0.2, 0.25) is 0 Å². The van der Waals surface area contributed by atoms with Crippen LogP contribution in [0.5, 0.6) is 0 Å². The summed E-state index contributed by atoms with van der Waals surface area (Å²) in [4.78, 5) is 24.8. The van der Waals surface area contributed by atoms with Crippen LogP contribution < -0.4 is 5.43 Å². The summed E-state index contributed by atoms with van der Waals surface area (Å²) < 4.78 is 44.3. The summed E-state index contributed by atoms with van der Waals surface area (Å²) in [6.45, 7) is 0. The minimum Gasteiger partial charge on any atom is -0.463 e. The molecule has 6 heteroatoms. The molecule has 116 valence electrons. The van der Waals surface area contributed by atoms with Crippen LogP contribution in [0.15, 0.2) is 64.0 Å². The van der Waals surface area contributed by atoms with E-state index >= 15 is 0 Å². The largest absolute Gasteiger partial charge is 0.463 e. The maximum atomic E-state index is 13.0. The lowest BCUT2D eigenvalue weighted by atomic mass is 9.98. The first kappa shape index (κ1) is 15.0. The number of carbonyl (C=O) groups is 1. The van der Waals surface area contributed by atoms with Gasteiger partial charge in [-0.2, -0.15) is 13.2 Å². The Morgan fingerprint density at radius 3 is 2.30 bits per heavy atom. The van der Waals surface area contributed by atoms with Gasteiger partial charge < -0.3 is 4.42 Å². The predicted molar refractivity (Wildman–Crippen MR) is 77.4 cm³/mol. The van der Waals surface area contributed by atoms with E-state index in [0.717, 1.165) is 18.4 Å². The Kier molecular flexibility index (Phi) is 3.52. The number of rotatable bonds is 2. The van der Waals surface area contributed by atoms with Crippen LogP contribution >= 0.6 is 0 Å². The van der Waals surface area contributed by atoms with Crippen molar-refractivity contribution in [3.63, 3.8) is 0 Å². The molecule has 1 aromatic heterocycles. The van der Waals surface area contributed by atoms with Crippen LogP contribution in [0.3, 0.4) is 0 Å². The Hall–Kier alpha value is -2.89. The fraction of sp³-hybridized carbons (Fsp3) is 0.0588. The van der Waals surface area contributed by atoms with E-state index in [9.17, 15) is 22.8 Å². The maximum Gasteiger partial charge on any atom is 0.417 e. The van der Waals surface area contributed by atoms with Gasteiger partial charge in [-0.25, -0.2) is 0 Å². The molecule has 0 bridgehead atoms. The van der Waals surface area contributed by atoms with Gasteiger partial charge >= 0.3 is 6.18 Å². The average Bonchev–Trinajstić information content (AvgIpc) is 2.54. The van der Waals surface area contributed by atoms with Crippen molar-refractivity contribution >= 4 is 16.8 Å². The third kappa shape index (κ3) is 2.63. The molecule has 0 aliphatic rings. The van der Waals surface area contributed by atoms with Crippen LogP contribution in [-0.4, -0.2) is 5.78 Å². The van der Waals surface area contributed by atoms with Gasteiger partial charge in [0.05, 0.1) is 10.9 Å². The summed E-state index contributed by atoms with van der Waals surface area (Å²) in [6.07, 6.45) is -3.79. The van der Waals surface area contributed by atoms with Crippen molar-refractivity contribution in [3.05, 3.63) is 81.7 Å². The highest BCUT2D eigenvalue weighted by atomic mass is 19.4. The first-order chi connectivity index (χ1) is 10.9. The van der Waals surface area contributed by atoms with Crippen molar-refractivity contribution in [2.24, 2.45) is 0 Å². The fourth-order valence-corrected chi connectivity index (χ4v) is 2.31. The molecule has 0 amide bonds. The number of carbonyl (C=O) groups excluding carboxylic acids is 1. The van der Waals surface area contributed by atoms with Crippen molar-refractivity contribution in [1.82, 2.24) is 0 Å². The number of para-hydroxylation sites is 1. The predicted octanol–water partition coefficient (Wildman–Crippen LogP) is 4.04. The van der Waals surface area contributed by atoms with Crippen LogP contribution in [-0.2, 0) is 6.18 Å². The van der Waals surface area contributed by atoms with Crippen molar-refractivity contribution in [2.45, 2.75) is 6.18 Å². The number of fused-ring (bicyclic) bond motifs is 1. The molecule has 0 aliphatic heterocycles. The number of halogens is 3. The third-order valence-electron chi connectivity index (χ3n) is 3.40. The first-order valence-corrected chi connectivity index (χ1v) is 6.61. The summed E-state index contributed by atoms with van der Waals surface area (Å²) in [5.74, 6) is -1.02. The van der Waals surface area contributed by atoms with E-state index in [-0.39, 0.29) is 11.0 Å². The van der Waals surface area contributed by atoms with Gasteiger partial charge in [0.15, 0.2) is 0 Å². The summed E-state index contributed by atoms with van der Waals surface area (Å²) in [6, 6.07) is 10.6. The van der Waals surface area contributed by atoms with Crippen LogP contribution in [0, 0.1) is 0 Å². The zero-order valence-electron chi connectivity index (χ0n) is 11.6. The third-order valence-corrected chi connectivity index (χ3v) is 3.40. The molecule has 0 radical (unpaired) electrons. The lowest BCUT2D eigenvalue weighted by molar-refractivity contribution is -0.137. The fourth-order valence-electron chi connectivity index (χ4n) is 2.31. The molecule has 3 rings (SSSR count). The lowest BCUT2D eigenvalue weighted by Gasteiger charge is -2.11. The molecule has 0 spiro atoms. The Labute approximate surface area is 128 Å². The molecule has 0 fully saturated rings. The van der Waals surface area contributed by atoms with E-state index in [1.54, 1.807) is 12.1 Å². The molecule has 2 aromatic carbocycles.